The highest BCUT2D eigenvalue weighted by molar-refractivity contribution is 6.99. The standard InChI is InChI=1S/C20H34N4O6S/c1-14(25)24(19(2,3)4)12-15(29-18(26)30-20(5,6)7)13-28-17-16(21-31-22-17)23-8-10-27-11-9-23/h15H,8-13H2,1-7H3. The number of rotatable bonds is 7. The van der Waals surface area contributed by atoms with E-state index >= 15 is 0 Å². The molecule has 0 saturated carbocycles. The van der Waals surface area contributed by atoms with E-state index in [1.165, 1.54) is 6.92 Å². The Balaban J connectivity index is 2.12. The van der Waals surface area contributed by atoms with Crippen molar-refractivity contribution in [3.05, 3.63) is 0 Å². The van der Waals surface area contributed by atoms with Gasteiger partial charge in [0.05, 0.1) is 31.5 Å². The van der Waals surface area contributed by atoms with Crippen molar-refractivity contribution in [2.45, 2.75) is 65.7 Å². The Morgan fingerprint density at radius 1 is 1.16 bits per heavy atom. The molecule has 0 bridgehead atoms. The number of morpholine rings is 1. The van der Waals surface area contributed by atoms with Gasteiger partial charge in [0.25, 0.3) is 5.88 Å². The summed E-state index contributed by atoms with van der Waals surface area (Å²) in [5.41, 5.74) is -1.16. The molecule has 1 fully saturated rings. The summed E-state index contributed by atoms with van der Waals surface area (Å²) in [5, 5.41) is 0. The Morgan fingerprint density at radius 2 is 1.81 bits per heavy atom. The van der Waals surface area contributed by atoms with Crippen molar-refractivity contribution < 1.29 is 28.5 Å². The molecule has 1 aliphatic heterocycles. The van der Waals surface area contributed by atoms with Gasteiger partial charge < -0.3 is 28.7 Å². The van der Waals surface area contributed by atoms with Crippen LogP contribution in [0.15, 0.2) is 0 Å². The van der Waals surface area contributed by atoms with Crippen LogP contribution in [0.2, 0.25) is 0 Å². The van der Waals surface area contributed by atoms with Crippen LogP contribution in [-0.2, 0) is 19.0 Å². The molecular formula is C20H34N4O6S. The van der Waals surface area contributed by atoms with E-state index in [-0.39, 0.29) is 19.1 Å². The Hall–Kier alpha value is -2.14. The van der Waals surface area contributed by atoms with Crippen LogP contribution in [0, 0.1) is 0 Å². The molecule has 31 heavy (non-hydrogen) atoms. The summed E-state index contributed by atoms with van der Waals surface area (Å²) >= 11 is 1.05. The van der Waals surface area contributed by atoms with Crippen LogP contribution < -0.4 is 9.64 Å². The first-order valence-electron chi connectivity index (χ1n) is 10.3. The lowest BCUT2D eigenvalue weighted by Crippen LogP contribution is -2.50. The normalized spacial score (nSPS) is 15.9. The van der Waals surface area contributed by atoms with E-state index in [9.17, 15) is 9.59 Å². The molecule has 2 heterocycles. The van der Waals surface area contributed by atoms with Crippen molar-refractivity contribution in [1.29, 1.82) is 0 Å². The molecule has 1 amide bonds. The van der Waals surface area contributed by atoms with Crippen LogP contribution in [0.1, 0.15) is 48.5 Å². The zero-order valence-electron chi connectivity index (χ0n) is 19.5. The van der Waals surface area contributed by atoms with E-state index in [0.29, 0.717) is 38.0 Å². The SMILES string of the molecule is CC(=O)N(CC(COc1nsnc1N1CCOCC1)OC(=O)OC(C)(C)C)C(C)(C)C. The monoisotopic (exact) mass is 458 g/mol. The fourth-order valence-electron chi connectivity index (χ4n) is 3.02. The van der Waals surface area contributed by atoms with Gasteiger partial charge in [0, 0.05) is 25.6 Å². The quantitative estimate of drug-likeness (QED) is 0.570. The van der Waals surface area contributed by atoms with E-state index in [2.05, 4.69) is 8.75 Å². The van der Waals surface area contributed by atoms with Gasteiger partial charge in [-0.15, -0.1) is 4.37 Å². The predicted octanol–water partition coefficient (Wildman–Crippen LogP) is 2.72. The fourth-order valence-corrected chi connectivity index (χ4v) is 3.54. The summed E-state index contributed by atoms with van der Waals surface area (Å²) < 4.78 is 30.7. The summed E-state index contributed by atoms with van der Waals surface area (Å²) in [6.07, 6.45) is -1.57. The highest BCUT2D eigenvalue weighted by Gasteiger charge is 2.31. The molecule has 1 unspecified atom stereocenters. The summed E-state index contributed by atoms with van der Waals surface area (Å²) in [6, 6.07) is 0. The van der Waals surface area contributed by atoms with Crippen LogP contribution in [0.4, 0.5) is 10.6 Å². The zero-order valence-corrected chi connectivity index (χ0v) is 20.3. The van der Waals surface area contributed by atoms with Crippen molar-refractivity contribution in [2.75, 3.05) is 44.4 Å². The summed E-state index contributed by atoms with van der Waals surface area (Å²) in [6.45, 7) is 15.3. The Labute approximate surface area is 188 Å². The van der Waals surface area contributed by atoms with Crippen molar-refractivity contribution in [2.24, 2.45) is 0 Å². The third-order valence-electron chi connectivity index (χ3n) is 4.39. The molecule has 1 saturated heterocycles. The number of amides is 1. The molecule has 10 nitrogen and oxygen atoms in total. The van der Waals surface area contributed by atoms with E-state index < -0.39 is 23.4 Å². The van der Waals surface area contributed by atoms with Gasteiger partial charge in [-0.3, -0.25) is 4.79 Å². The molecule has 11 heteroatoms. The predicted molar refractivity (Wildman–Crippen MR) is 117 cm³/mol. The summed E-state index contributed by atoms with van der Waals surface area (Å²) in [7, 11) is 0. The second-order valence-electron chi connectivity index (χ2n) is 9.31. The molecule has 0 radical (unpaired) electrons. The van der Waals surface area contributed by atoms with Crippen LogP contribution >= 0.6 is 11.7 Å². The number of carbonyl (C=O) groups is 2. The molecule has 1 aromatic heterocycles. The van der Waals surface area contributed by atoms with Crippen molar-refractivity contribution >= 4 is 29.6 Å². The Bertz CT molecular complexity index is 737. The second kappa shape index (κ2) is 10.4. The first kappa shape index (κ1) is 25.1. The van der Waals surface area contributed by atoms with Crippen molar-refractivity contribution in [3.8, 4) is 5.88 Å². The van der Waals surface area contributed by atoms with E-state index in [0.717, 1.165) is 11.7 Å². The van der Waals surface area contributed by atoms with Gasteiger partial charge in [-0.2, -0.15) is 4.37 Å². The Kier molecular flexibility index (Phi) is 8.47. The molecule has 0 aliphatic carbocycles. The van der Waals surface area contributed by atoms with Crippen LogP contribution in [0.25, 0.3) is 0 Å². The number of nitrogens with zero attached hydrogens (tertiary/aromatic N) is 4. The maximum absolute atomic E-state index is 12.3. The number of ether oxygens (including phenoxy) is 4. The highest BCUT2D eigenvalue weighted by atomic mass is 32.1. The summed E-state index contributed by atoms with van der Waals surface area (Å²) in [5.74, 6) is 0.882. The van der Waals surface area contributed by atoms with Crippen LogP contribution in [0.5, 0.6) is 5.88 Å². The minimum atomic E-state index is -0.816. The average Bonchev–Trinajstić information content (AvgIpc) is 3.10. The largest absolute Gasteiger partial charge is 0.509 e. The minimum Gasteiger partial charge on any atom is -0.470 e. The number of anilines is 1. The number of hydrogen-bond acceptors (Lipinski definition) is 10. The molecular weight excluding hydrogens is 424 g/mol. The van der Waals surface area contributed by atoms with Crippen LogP contribution in [0.3, 0.4) is 0 Å². The van der Waals surface area contributed by atoms with Gasteiger partial charge in [-0.25, -0.2) is 4.79 Å². The topological polar surface area (TPSA) is 103 Å². The van der Waals surface area contributed by atoms with Gasteiger partial charge in [0.2, 0.25) is 11.7 Å². The van der Waals surface area contributed by atoms with E-state index in [1.807, 2.05) is 25.7 Å². The lowest BCUT2D eigenvalue weighted by atomic mass is 10.1. The van der Waals surface area contributed by atoms with Crippen molar-refractivity contribution in [3.63, 3.8) is 0 Å². The first-order valence-corrected chi connectivity index (χ1v) is 11.1. The van der Waals surface area contributed by atoms with Gasteiger partial charge in [-0.1, -0.05) is 0 Å². The smallest absolute Gasteiger partial charge is 0.470 e. The molecule has 0 spiro atoms. The van der Waals surface area contributed by atoms with E-state index in [4.69, 9.17) is 18.9 Å². The zero-order chi connectivity index (χ0) is 23.2. The molecule has 2 rings (SSSR count). The first-order chi connectivity index (χ1) is 14.4. The molecule has 1 aromatic rings. The second-order valence-corrected chi connectivity index (χ2v) is 9.84. The van der Waals surface area contributed by atoms with E-state index in [1.54, 1.807) is 25.7 Å². The molecule has 0 aromatic carbocycles. The summed E-state index contributed by atoms with van der Waals surface area (Å²) in [4.78, 5) is 28.2. The maximum atomic E-state index is 12.3. The molecule has 1 aliphatic rings. The van der Waals surface area contributed by atoms with Crippen molar-refractivity contribution in [1.82, 2.24) is 13.6 Å². The lowest BCUT2D eigenvalue weighted by molar-refractivity contribution is -0.136. The molecule has 0 N–H and O–H groups in total. The number of hydrogen-bond donors (Lipinski definition) is 0. The van der Waals surface area contributed by atoms with Gasteiger partial charge in [0.1, 0.15) is 12.2 Å². The number of carbonyl (C=O) groups excluding carboxylic acids is 2. The fraction of sp³-hybridized carbons (Fsp3) is 0.800. The maximum Gasteiger partial charge on any atom is 0.509 e. The third kappa shape index (κ3) is 8.13. The van der Waals surface area contributed by atoms with Gasteiger partial charge in [0.15, 0.2) is 6.10 Å². The minimum absolute atomic E-state index is 0.00184. The molecule has 176 valence electrons. The highest BCUT2D eigenvalue weighted by Crippen LogP contribution is 2.27. The average molecular weight is 459 g/mol. The Morgan fingerprint density at radius 3 is 2.35 bits per heavy atom. The number of aromatic nitrogens is 2. The van der Waals surface area contributed by atoms with Crippen LogP contribution in [-0.4, -0.2) is 82.4 Å². The molecule has 1 atom stereocenters. The third-order valence-corrected chi connectivity index (χ3v) is 4.89. The van der Waals surface area contributed by atoms with Gasteiger partial charge >= 0.3 is 6.16 Å². The van der Waals surface area contributed by atoms with Gasteiger partial charge in [-0.05, 0) is 41.5 Å². The lowest BCUT2D eigenvalue weighted by Gasteiger charge is -2.37.